The minimum atomic E-state index is -0.251. The van der Waals surface area contributed by atoms with Gasteiger partial charge in [0.25, 0.3) is 5.91 Å². The van der Waals surface area contributed by atoms with Gasteiger partial charge in [-0.1, -0.05) is 0 Å². The van der Waals surface area contributed by atoms with Gasteiger partial charge in [-0.05, 0) is 67.4 Å². The number of nitrogens with zero attached hydrogens (tertiary/aromatic N) is 1. The lowest BCUT2D eigenvalue weighted by atomic mass is 9.92. The van der Waals surface area contributed by atoms with E-state index in [9.17, 15) is 9.18 Å². The van der Waals surface area contributed by atoms with E-state index in [1.54, 1.807) is 6.07 Å². The lowest BCUT2D eigenvalue weighted by molar-refractivity contribution is 0.0763. The Morgan fingerprint density at radius 3 is 2.57 bits per heavy atom. The maximum absolute atomic E-state index is 13.3. The molecule has 2 aliphatic rings. The highest BCUT2D eigenvalue weighted by Crippen LogP contribution is 2.30. The summed E-state index contributed by atoms with van der Waals surface area (Å²) in [5.41, 5.74) is 0. The van der Waals surface area contributed by atoms with Gasteiger partial charge in [-0.15, -0.1) is 23.7 Å². The summed E-state index contributed by atoms with van der Waals surface area (Å²) >= 11 is 1.47. The van der Waals surface area contributed by atoms with Crippen LogP contribution in [0.4, 0.5) is 4.39 Å². The fourth-order valence-electron chi connectivity index (χ4n) is 3.70. The van der Waals surface area contributed by atoms with Crippen molar-refractivity contribution in [3.63, 3.8) is 0 Å². The van der Waals surface area contributed by atoms with Crippen LogP contribution in [0, 0.1) is 17.7 Å². The van der Waals surface area contributed by atoms with Crippen LogP contribution in [0.2, 0.25) is 0 Å². The predicted octanol–water partition coefficient (Wildman–Crippen LogP) is 3.53. The average Bonchev–Trinajstić information content (AvgIpc) is 3.08. The fraction of sp³-hybridized carbons (Fsp3) is 0.471. The Bertz CT molecular complexity index is 706. The van der Waals surface area contributed by atoms with Gasteiger partial charge in [0, 0.05) is 17.8 Å². The summed E-state index contributed by atoms with van der Waals surface area (Å²) < 4.78 is 14.3. The largest absolute Gasteiger partial charge is 0.338 e. The number of benzene rings is 1. The second kappa shape index (κ2) is 6.75. The Hall–Kier alpha value is -1.17. The molecule has 0 bridgehead atoms. The van der Waals surface area contributed by atoms with Gasteiger partial charge in [0.2, 0.25) is 0 Å². The molecule has 1 amide bonds. The predicted molar refractivity (Wildman–Crippen MR) is 94.0 cm³/mol. The van der Waals surface area contributed by atoms with Crippen LogP contribution in [0.1, 0.15) is 22.5 Å². The summed E-state index contributed by atoms with van der Waals surface area (Å²) in [6.45, 7) is 3.86. The molecule has 0 radical (unpaired) electrons. The molecule has 3 nitrogen and oxygen atoms in total. The smallest absolute Gasteiger partial charge is 0.263 e. The number of nitrogens with one attached hydrogen (secondary N) is 1. The molecule has 2 aliphatic heterocycles. The van der Waals surface area contributed by atoms with Gasteiger partial charge < -0.3 is 10.2 Å². The van der Waals surface area contributed by atoms with E-state index in [2.05, 4.69) is 5.32 Å². The first-order valence-electron chi connectivity index (χ1n) is 7.90. The number of rotatable bonds is 1. The van der Waals surface area contributed by atoms with Crippen molar-refractivity contribution in [1.82, 2.24) is 10.2 Å². The molecule has 1 aromatic heterocycles. The van der Waals surface area contributed by atoms with Gasteiger partial charge in [0.1, 0.15) is 5.82 Å². The Labute approximate surface area is 145 Å². The number of thiophene rings is 1. The number of halogens is 2. The number of likely N-dealkylation sites (tertiary alicyclic amines) is 1. The molecule has 124 valence electrons. The van der Waals surface area contributed by atoms with Gasteiger partial charge in [-0.3, -0.25) is 4.79 Å². The molecular weight excluding hydrogens is 335 g/mol. The minimum Gasteiger partial charge on any atom is -0.338 e. The fourth-order valence-corrected chi connectivity index (χ4v) is 4.71. The minimum absolute atomic E-state index is 0. The highest BCUT2D eigenvalue weighted by Gasteiger charge is 2.31. The van der Waals surface area contributed by atoms with Crippen molar-refractivity contribution in [3.8, 4) is 0 Å². The molecule has 2 fully saturated rings. The Balaban J connectivity index is 0.00000156. The lowest BCUT2D eigenvalue weighted by Crippen LogP contribution is -2.32. The molecule has 3 heterocycles. The zero-order valence-electron chi connectivity index (χ0n) is 12.8. The standard InChI is InChI=1S/C17H19FN2OS.ClH/c18-14-1-2-15-13(7-14)8-16(22-15)17(21)20-5-3-11-9-19-10-12(11)4-6-20;/h1-2,7-8,11-12,19H,3-6,9-10H2;1H/t11-,12+;. The number of amides is 1. The van der Waals surface area contributed by atoms with E-state index in [4.69, 9.17) is 0 Å². The third-order valence-electron chi connectivity index (χ3n) is 5.00. The molecule has 2 aromatic rings. The van der Waals surface area contributed by atoms with E-state index < -0.39 is 0 Å². The van der Waals surface area contributed by atoms with Crippen molar-refractivity contribution in [3.05, 3.63) is 35.0 Å². The molecule has 1 aromatic carbocycles. The third-order valence-corrected chi connectivity index (χ3v) is 6.10. The summed E-state index contributed by atoms with van der Waals surface area (Å²) in [7, 11) is 0. The number of hydrogen-bond acceptors (Lipinski definition) is 3. The summed E-state index contributed by atoms with van der Waals surface area (Å²) in [6, 6.07) is 6.54. The van der Waals surface area contributed by atoms with E-state index in [0.717, 1.165) is 54.0 Å². The SMILES string of the molecule is Cl.O=C(c1cc2cc(F)ccc2s1)N1CC[C@@H]2CNC[C@@H]2CC1. The van der Waals surface area contributed by atoms with Crippen molar-refractivity contribution in [2.75, 3.05) is 26.2 Å². The van der Waals surface area contributed by atoms with E-state index in [0.29, 0.717) is 11.8 Å². The quantitative estimate of drug-likeness (QED) is 0.849. The number of carbonyl (C=O) groups is 1. The first-order chi connectivity index (χ1) is 10.7. The normalized spacial score (nSPS) is 24.1. The van der Waals surface area contributed by atoms with Crippen molar-refractivity contribution in [1.29, 1.82) is 0 Å². The van der Waals surface area contributed by atoms with E-state index in [1.807, 2.05) is 11.0 Å². The van der Waals surface area contributed by atoms with Crippen molar-refractivity contribution < 1.29 is 9.18 Å². The van der Waals surface area contributed by atoms with Gasteiger partial charge in [0.05, 0.1) is 4.88 Å². The van der Waals surface area contributed by atoms with Crippen LogP contribution in [0.5, 0.6) is 0 Å². The molecule has 2 saturated heterocycles. The second-order valence-corrected chi connectivity index (χ2v) is 7.42. The second-order valence-electron chi connectivity index (χ2n) is 6.34. The van der Waals surface area contributed by atoms with Crippen LogP contribution >= 0.6 is 23.7 Å². The molecule has 0 unspecified atom stereocenters. The molecule has 6 heteroatoms. The van der Waals surface area contributed by atoms with E-state index >= 15 is 0 Å². The molecular formula is C17H20ClFN2OS. The van der Waals surface area contributed by atoms with E-state index in [-0.39, 0.29) is 24.1 Å². The summed E-state index contributed by atoms with van der Waals surface area (Å²) in [5.74, 6) is 1.29. The van der Waals surface area contributed by atoms with Crippen LogP contribution < -0.4 is 5.32 Å². The molecule has 1 N–H and O–H groups in total. The zero-order chi connectivity index (χ0) is 15.1. The van der Waals surface area contributed by atoms with Crippen LogP contribution in [0.3, 0.4) is 0 Å². The van der Waals surface area contributed by atoms with Crippen LogP contribution in [0.25, 0.3) is 10.1 Å². The van der Waals surface area contributed by atoms with Crippen molar-refractivity contribution in [2.45, 2.75) is 12.8 Å². The van der Waals surface area contributed by atoms with Crippen LogP contribution in [0.15, 0.2) is 24.3 Å². The zero-order valence-corrected chi connectivity index (χ0v) is 14.4. The molecule has 4 rings (SSSR count). The van der Waals surface area contributed by atoms with Crippen molar-refractivity contribution >= 4 is 39.7 Å². The van der Waals surface area contributed by atoms with Crippen LogP contribution in [-0.4, -0.2) is 37.0 Å². The lowest BCUT2D eigenvalue weighted by Gasteiger charge is -2.20. The first-order valence-corrected chi connectivity index (χ1v) is 8.71. The Morgan fingerprint density at radius 2 is 1.87 bits per heavy atom. The molecule has 0 saturated carbocycles. The summed E-state index contributed by atoms with van der Waals surface area (Å²) in [6.07, 6.45) is 2.17. The Morgan fingerprint density at radius 1 is 1.17 bits per heavy atom. The van der Waals surface area contributed by atoms with Crippen LogP contribution in [-0.2, 0) is 0 Å². The highest BCUT2D eigenvalue weighted by atomic mass is 35.5. The topological polar surface area (TPSA) is 32.3 Å². The third kappa shape index (κ3) is 3.23. The van der Waals surface area contributed by atoms with E-state index in [1.165, 1.54) is 23.5 Å². The Kier molecular flexibility index (Phi) is 4.90. The van der Waals surface area contributed by atoms with Gasteiger partial charge >= 0.3 is 0 Å². The van der Waals surface area contributed by atoms with Gasteiger partial charge in [0.15, 0.2) is 0 Å². The van der Waals surface area contributed by atoms with Crippen molar-refractivity contribution in [2.24, 2.45) is 11.8 Å². The number of fused-ring (bicyclic) bond motifs is 2. The molecule has 0 spiro atoms. The first kappa shape index (κ1) is 16.7. The maximum atomic E-state index is 13.3. The number of carbonyl (C=O) groups excluding carboxylic acids is 1. The maximum Gasteiger partial charge on any atom is 0.263 e. The molecule has 2 atom stereocenters. The monoisotopic (exact) mass is 354 g/mol. The number of hydrogen-bond donors (Lipinski definition) is 1. The van der Waals surface area contributed by atoms with Gasteiger partial charge in [-0.2, -0.15) is 0 Å². The molecule has 0 aliphatic carbocycles. The van der Waals surface area contributed by atoms with Gasteiger partial charge in [-0.25, -0.2) is 4.39 Å². The average molecular weight is 355 g/mol. The highest BCUT2D eigenvalue weighted by molar-refractivity contribution is 7.20. The summed E-state index contributed by atoms with van der Waals surface area (Å²) in [5, 5.41) is 4.28. The summed E-state index contributed by atoms with van der Waals surface area (Å²) in [4.78, 5) is 15.5. The molecule has 23 heavy (non-hydrogen) atoms.